The van der Waals surface area contributed by atoms with Crippen LogP contribution in [0.1, 0.15) is 22.7 Å². The quantitative estimate of drug-likeness (QED) is 0.773. The molecule has 2 heterocycles. The monoisotopic (exact) mass is 283 g/mol. The van der Waals surface area contributed by atoms with E-state index in [1.165, 1.54) is 0 Å². The summed E-state index contributed by atoms with van der Waals surface area (Å²) in [7, 11) is 0. The van der Waals surface area contributed by atoms with E-state index in [1.807, 2.05) is 26.0 Å². The number of nitrogens with one attached hydrogen (secondary N) is 2. The molecule has 0 radical (unpaired) electrons. The van der Waals surface area contributed by atoms with Gasteiger partial charge in [-0.3, -0.25) is 4.79 Å². The fourth-order valence-corrected chi connectivity index (χ4v) is 2.37. The molecule has 2 aromatic heterocycles. The van der Waals surface area contributed by atoms with Gasteiger partial charge < -0.3 is 14.8 Å². The zero-order valence-electron chi connectivity index (χ0n) is 12.1. The number of H-pyrrole nitrogens is 1. The normalized spacial score (nSPS) is 11.0. The van der Waals surface area contributed by atoms with Gasteiger partial charge in [0.25, 0.3) is 0 Å². The largest absolute Gasteiger partial charge is 0.361 e. The molecule has 5 nitrogen and oxygen atoms in total. The zero-order chi connectivity index (χ0) is 14.8. The van der Waals surface area contributed by atoms with E-state index in [-0.39, 0.29) is 12.3 Å². The molecule has 0 saturated heterocycles. The number of hydrogen-bond donors (Lipinski definition) is 2. The average Bonchev–Trinajstić information content (AvgIpc) is 3.00. The SMILES string of the molecule is Cc1cc2cc(CNC(=O)Cc3cc(C)on3)ccc2[nH]1. The van der Waals surface area contributed by atoms with E-state index in [1.54, 1.807) is 6.07 Å². The first-order valence-corrected chi connectivity index (χ1v) is 6.87. The summed E-state index contributed by atoms with van der Waals surface area (Å²) in [5.41, 5.74) is 3.97. The summed E-state index contributed by atoms with van der Waals surface area (Å²) in [6, 6.07) is 10.00. The Balaban J connectivity index is 1.61. The molecule has 0 bridgehead atoms. The molecule has 1 aromatic carbocycles. The number of rotatable bonds is 4. The predicted molar refractivity (Wildman–Crippen MR) is 79.8 cm³/mol. The van der Waals surface area contributed by atoms with E-state index in [9.17, 15) is 4.79 Å². The van der Waals surface area contributed by atoms with Crippen LogP contribution in [0.5, 0.6) is 0 Å². The standard InChI is InChI=1S/C16H17N3O2/c1-10-5-13-7-12(3-4-15(13)18-10)9-17-16(20)8-14-6-11(2)21-19-14/h3-7,18H,8-9H2,1-2H3,(H,17,20). The molecule has 21 heavy (non-hydrogen) atoms. The minimum atomic E-state index is -0.0614. The number of aromatic nitrogens is 2. The third kappa shape index (κ3) is 3.13. The first-order valence-electron chi connectivity index (χ1n) is 6.87. The fraction of sp³-hybridized carbons (Fsp3) is 0.250. The Kier molecular flexibility index (Phi) is 3.48. The van der Waals surface area contributed by atoms with Crippen molar-refractivity contribution >= 4 is 16.8 Å². The number of aryl methyl sites for hydroxylation is 2. The number of hydrogen-bond acceptors (Lipinski definition) is 3. The van der Waals surface area contributed by atoms with Gasteiger partial charge in [-0.25, -0.2) is 0 Å². The summed E-state index contributed by atoms with van der Waals surface area (Å²) >= 11 is 0. The summed E-state index contributed by atoms with van der Waals surface area (Å²) in [5, 5.41) is 7.87. The summed E-state index contributed by atoms with van der Waals surface area (Å²) in [4.78, 5) is 15.1. The summed E-state index contributed by atoms with van der Waals surface area (Å²) in [6.45, 7) is 4.35. The van der Waals surface area contributed by atoms with Crippen LogP contribution in [0.3, 0.4) is 0 Å². The van der Waals surface area contributed by atoms with Crippen molar-refractivity contribution in [3.05, 3.63) is 53.0 Å². The molecule has 0 unspecified atom stereocenters. The van der Waals surface area contributed by atoms with Crippen LogP contribution < -0.4 is 5.32 Å². The molecular weight excluding hydrogens is 266 g/mol. The highest BCUT2D eigenvalue weighted by Gasteiger charge is 2.07. The van der Waals surface area contributed by atoms with Crippen molar-refractivity contribution in [1.82, 2.24) is 15.5 Å². The molecular formula is C16H17N3O2. The number of fused-ring (bicyclic) bond motifs is 1. The predicted octanol–water partition coefficient (Wildman–Crippen LogP) is 2.63. The van der Waals surface area contributed by atoms with Gasteiger partial charge >= 0.3 is 0 Å². The van der Waals surface area contributed by atoms with Crippen LogP contribution >= 0.6 is 0 Å². The lowest BCUT2D eigenvalue weighted by Crippen LogP contribution is -2.24. The smallest absolute Gasteiger partial charge is 0.226 e. The summed E-state index contributed by atoms with van der Waals surface area (Å²) < 4.78 is 4.95. The van der Waals surface area contributed by atoms with Gasteiger partial charge in [0.05, 0.1) is 12.1 Å². The van der Waals surface area contributed by atoms with Crippen molar-refractivity contribution in [3.8, 4) is 0 Å². The minimum absolute atomic E-state index is 0.0614. The zero-order valence-corrected chi connectivity index (χ0v) is 12.1. The number of aromatic amines is 1. The molecule has 5 heteroatoms. The van der Waals surface area contributed by atoms with Crippen LogP contribution in [-0.2, 0) is 17.8 Å². The highest BCUT2D eigenvalue weighted by Crippen LogP contribution is 2.16. The van der Waals surface area contributed by atoms with Crippen molar-refractivity contribution in [1.29, 1.82) is 0 Å². The molecule has 3 aromatic rings. The Labute approximate surface area is 122 Å². The molecule has 0 atom stereocenters. The molecule has 108 valence electrons. The van der Waals surface area contributed by atoms with Crippen molar-refractivity contribution in [3.63, 3.8) is 0 Å². The molecule has 0 spiro atoms. The van der Waals surface area contributed by atoms with Gasteiger partial charge in [0, 0.05) is 23.8 Å². The molecule has 1 amide bonds. The van der Waals surface area contributed by atoms with E-state index in [4.69, 9.17) is 4.52 Å². The Morgan fingerprint density at radius 3 is 2.90 bits per heavy atom. The highest BCUT2D eigenvalue weighted by molar-refractivity contribution is 5.81. The Bertz CT molecular complexity index is 786. The van der Waals surface area contributed by atoms with Gasteiger partial charge in [0.2, 0.25) is 5.91 Å². The molecule has 0 fully saturated rings. The molecule has 2 N–H and O–H groups in total. The van der Waals surface area contributed by atoms with E-state index in [0.29, 0.717) is 18.0 Å². The second-order valence-corrected chi connectivity index (χ2v) is 5.26. The van der Waals surface area contributed by atoms with Crippen molar-refractivity contribution in [2.45, 2.75) is 26.8 Å². The lowest BCUT2D eigenvalue weighted by atomic mass is 10.1. The number of benzene rings is 1. The first kappa shape index (κ1) is 13.4. The van der Waals surface area contributed by atoms with Gasteiger partial charge in [-0.15, -0.1) is 0 Å². The van der Waals surface area contributed by atoms with Gasteiger partial charge in [0.1, 0.15) is 5.76 Å². The van der Waals surface area contributed by atoms with E-state index < -0.39 is 0 Å². The summed E-state index contributed by atoms with van der Waals surface area (Å²) in [5.74, 6) is 0.653. The maximum Gasteiger partial charge on any atom is 0.226 e. The second kappa shape index (κ2) is 5.44. The van der Waals surface area contributed by atoms with Gasteiger partial charge in [-0.2, -0.15) is 0 Å². The number of nitrogens with zero attached hydrogens (tertiary/aromatic N) is 1. The van der Waals surface area contributed by atoms with E-state index >= 15 is 0 Å². The number of carbonyl (C=O) groups excluding carboxylic acids is 1. The third-order valence-corrected chi connectivity index (χ3v) is 3.33. The molecule has 0 saturated carbocycles. The van der Waals surface area contributed by atoms with E-state index in [2.05, 4.69) is 27.6 Å². The van der Waals surface area contributed by atoms with Crippen molar-refractivity contribution in [2.75, 3.05) is 0 Å². The Morgan fingerprint density at radius 2 is 2.14 bits per heavy atom. The first-order chi connectivity index (χ1) is 10.1. The van der Waals surface area contributed by atoms with Gasteiger partial charge in [-0.05, 0) is 43.0 Å². The Morgan fingerprint density at radius 1 is 1.29 bits per heavy atom. The molecule has 0 aliphatic carbocycles. The van der Waals surface area contributed by atoms with Gasteiger partial charge in [0.15, 0.2) is 0 Å². The van der Waals surface area contributed by atoms with Gasteiger partial charge in [-0.1, -0.05) is 11.2 Å². The minimum Gasteiger partial charge on any atom is -0.361 e. The maximum absolute atomic E-state index is 11.9. The van der Waals surface area contributed by atoms with E-state index in [0.717, 1.165) is 22.2 Å². The molecule has 0 aliphatic heterocycles. The average molecular weight is 283 g/mol. The van der Waals surface area contributed by atoms with Crippen LogP contribution in [0.25, 0.3) is 10.9 Å². The van der Waals surface area contributed by atoms with Crippen LogP contribution in [0.4, 0.5) is 0 Å². The van der Waals surface area contributed by atoms with Crippen LogP contribution in [0, 0.1) is 13.8 Å². The van der Waals surface area contributed by atoms with Crippen LogP contribution in [-0.4, -0.2) is 16.0 Å². The third-order valence-electron chi connectivity index (χ3n) is 3.33. The molecule has 3 rings (SSSR count). The second-order valence-electron chi connectivity index (χ2n) is 5.26. The highest BCUT2D eigenvalue weighted by atomic mass is 16.5. The fourth-order valence-electron chi connectivity index (χ4n) is 2.37. The molecule has 0 aliphatic rings. The number of carbonyl (C=O) groups is 1. The maximum atomic E-state index is 11.9. The van der Waals surface area contributed by atoms with Crippen molar-refractivity contribution < 1.29 is 9.32 Å². The number of amides is 1. The van der Waals surface area contributed by atoms with Crippen LogP contribution in [0.15, 0.2) is 34.9 Å². The topological polar surface area (TPSA) is 70.9 Å². The lowest BCUT2D eigenvalue weighted by molar-refractivity contribution is -0.120. The van der Waals surface area contributed by atoms with Crippen molar-refractivity contribution in [2.24, 2.45) is 0 Å². The summed E-state index contributed by atoms with van der Waals surface area (Å²) in [6.07, 6.45) is 0.239. The Hall–Kier alpha value is -2.56. The van der Waals surface area contributed by atoms with Crippen LogP contribution in [0.2, 0.25) is 0 Å². The lowest BCUT2D eigenvalue weighted by Gasteiger charge is -2.04.